The molecule has 1 aromatic carbocycles. The Hall–Kier alpha value is -2.57. The number of ether oxygens (including phenoxy) is 1. The third-order valence-corrected chi connectivity index (χ3v) is 5.31. The minimum atomic E-state index is -0.863. The number of imide groups is 1. The van der Waals surface area contributed by atoms with E-state index in [0.717, 1.165) is 23.4 Å². The number of nitrogens with zero attached hydrogens (tertiary/aromatic N) is 1. The van der Waals surface area contributed by atoms with Crippen molar-refractivity contribution in [1.82, 2.24) is 15.8 Å². The normalized spacial score (nSPS) is 25.3. The minimum absolute atomic E-state index is 0.0198. The van der Waals surface area contributed by atoms with E-state index in [4.69, 9.17) is 4.74 Å². The minimum Gasteiger partial charge on any atom is -0.496 e. The molecule has 1 aliphatic carbocycles. The first-order valence-corrected chi connectivity index (χ1v) is 8.94. The number of hydrogen-bond donors (Lipinski definition) is 2. The zero-order valence-corrected chi connectivity index (χ0v) is 15.4. The Labute approximate surface area is 153 Å². The van der Waals surface area contributed by atoms with Crippen LogP contribution in [0.3, 0.4) is 0 Å². The largest absolute Gasteiger partial charge is 0.496 e. The molecule has 1 aliphatic heterocycles. The molecule has 1 heterocycles. The van der Waals surface area contributed by atoms with E-state index in [9.17, 15) is 14.4 Å². The molecule has 0 radical (unpaired) electrons. The summed E-state index contributed by atoms with van der Waals surface area (Å²) in [7, 11) is 1.54. The van der Waals surface area contributed by atoms with Crippen LogP contribution in [0.2, 0.25) is 0 Å². The first kappa shape index (κ1) is 18.2. The smallest absolute Gasteiger partial charge is 0.344 e. The lowest BCUT2D eigenvalue weighted by atomic mass is 9.77. The van der Waals surface area contributed by atoms with Gasteiger partial charge in [-0.05, 0) is 44.6 Å². The van der Waals surface area contributed by atoms with Crippen LogP contribution >= 0.6 is 0 Å². The van der Waals surface area contributed by atoms with Gasteiger partial charge in [-0.3, -0.25) is 15.0 Å². The summed E-state index contributed by atoms with van der Waals surface area (Å²) in [6.07, 6.45) is 3.00. The summed E-state index contributed by atoms with van der Waals surface area (Å²) in [5, 5.41) is 3.62. The van der Waals surface area contributed by atoms with Crippen molar-refractivity contribution < 1.29 is 19.1 Å². The molecule has 0 atom stereocenters. The lowest BCUT2D eigenvalue weighted by Gasteiger charge is -2.33. The van der Waals surface area contributed by atoms with Crippen LogP contribution in [0.1, 0.15) is 43.7 Å². The van der Waals surface area contributed by atoms with Gasteiger partial charge in [0.15, 0.2) is 0 Å². The lowest BCUT2D eigenvalue weighted by molar-refractivity contribution is -0.139. The molecule has 1 saturated heterocycles. The van der Waals surface area contributed by atoms with Crippen LogP contribution in [0.15, 0.2) is 18.2 Å². The maximum absolute atomic E-state index is 12.8. The molecule has 0 unspecified atom stereocenters. The van der Waals surface area contributed by atoms with Crippen LogP contribution in [0.25, 0.3) is 0 Å². The predicted molar refractivity (Wildman–Crippen MR) is 95.3 cm³/mol. The molecule has 2 N–H and O–H groups in total. The summed E-state index contributed by atoms with van der Waals surface area (Å²) < 4.78 is 5.27. The number of hydrazine groups is 1. The van der Waals surface area contributed by atoms with Crippen LogP contribution in [-0.2, 0) is 16.0 Å². The second kappa shape index (κ2) is 6.97. The van der Waals surface area contributed by atoms with Crippen molar-refractivity contribution in [2.24, 2.45) is 5.92 Å². The van der Waals surface area contributed by atoms with Crippen molar-refractivity contribution in [2.75, 3.05) is 7.11 Å². The van der Waals surface area contributed by atoms with Gasteiger partial charge >= 0.3 is 6.03 Å². The highest BCUT2D eigenvalue weighted by molar-refractivity contribution is 6.08. The molecule has 2 aliphatic rings. The number of methoxy groups -OCH3 is 1. The van der Waals surface area contributed by atoms with E-state index in [1.54, 1.807) is 6.07 Å². The van der Waals surface area contributed by atoms with E-state index in [0.29, 0.717) is 30.1 Å². The molecule has 7 heteroatoms. The zero-order valence-electron chi connectivity index (χ0n) is 15.4. The molecule has 0 bridgehead atoms. The van der Waals surface area contributed by atoms with Gasteiger partial charge in [0.2, 0.25) is 5.91 Å². The molecule has 140 valence electrons. The number of benzene rings is 1. The monoisotopic (exact) mass is 359 g/mol. The topological polar surface area (TPSA) is 87.7 Å². The Morgan fingerprint density at radius 2 is 2.04 bits per heavy atom. The van der Waals surface area contributed by atoms with Crippen LogP contribution in [0.4, 0.5) is 4.79 Å². The van der Waals surface area contributed by atoms with Gasteiger partial charge in [-0.1, -0.05) is 24.6 Å². The van der Waals surface area contributed by atoms with Crippen molar-refractivity contribution in [2.45, 2.75) is 51.5 Å². The van der Waals surface area contributed by atoms with E-state index in [-0.39, 0.29) is 12.3 Å². The molecule has 3 rings (SSSR count). The van der Waals surface area contributed by atoms with Crippen LogP contribution in [0, 0.1) is 12.8 Å². The van der Waals surface area contributed by atoms with Crippen molar-refractivity contribution >= 4 is 17.8 Å². The maximum atomic E-state index is 12.8. The summed E-state index contributed by atoms with van der Waals surface area (Å²) in [5.41, 5.74) is 3.30. The number of nitrogens with one attached hydrogen (secondary N) is 2. The highest BCUT2D eigenvalue weighted by Gasteiger charge is 2.52. The Bertz CT molecular complexity index is 738. The van der Waals surface area contributed by atoms with Crippen molar-refractivity contribution in [1.29, 1.82) is 0 Å². The highest BCUT2D eigenvalue weighted by atomic mass is 16.5. The zero-order chi connectivity index (χ0) is 18.9. The van der Waals surface area contributed by atoms with Gasteiger partial charge in [0.1, 0.15) is 11.3 Å². The number of urea groups is 1. The highest BCUT2D eigenvalue weighted by Crippen LogP contribution is 2.35. The van der Waals surface area contributed by atoms with E-state index < -0.39 is 17.5 Å². The lowest BCUT2D eigenvalue weighted by Crippen LogP contribution is -2.51. The van der Waals surface area contributed by atoms with Gasteiger partial charge < -0.3 is 10.1 Å². The SMILES string of the molecule is COc1ccc(C)cc1CC(=O)NN1C(=O)NC2(CCC(C)CC2)C1=O. The Morgan fingerprint density at radius 1 is 1.35 bits per heavy atom. The average molecular weight is 359 g/mol. The number of hydrogen-bond acceptors (Lipinski definition) is 4. The van der Waals surface area contributed by atoms with Crippen molar-refractivity contribution in [3.05, 3.63) is 29.3 Å². The predicted octanol–water partition coefficient (Wildman–Crippen LogP) is 2.08. The maximum Gasteiger partial charge on any atom is 0.344 e. The number of rotatable bonds is 4. The quantitative estimate of drug-likeness (QED) is 0.806. The second-order valence-corrected chi connectivity index (χ2v) is 7.36. The van der Waals surface area contributed by atoms with Gasteiger partial charge in [0.25, 0.3) is 5.91 Å². The molecule has 1 saturated carbocycles. The van der Waals surface area contributed by atoms with E-state index in [1.807, 2.05) is 19.1 Å². The molecule has 7 nitrogen and oxygen atoms in total. The van der Waals surface area contributed by atoms with Crippen molar-refractivity contribution in [3.63, 3.8) is 0 Å². The van der Waals surface area contributed by atoms with Gasteiger partial charge in [-0.2, -0.15) is 5.01 Å². The summed E-state index contributed by atoms with van der Waals surface area (Å²) in [4.78, 5) is 37.4. The van der Waals surface area contributed by atoms with E-state index in [1.165, 1.54) is 7.11 Å². The van der Waals surface area contributed by atoms with Gasteiger partial charge in [-0.25, -0.2) is 4.79 Å². The van der Waals surface area contributed by atoms with E-state index in [2.05, 4.69) is 17.7 Å². The third-order valence-electron chi connectivity index (χ3n) is 5.31. The third kappa shape index (κ3) is 3.38. The first-order valence-electron chi connectivity index (χ1n) is 8.94. The van der Waals surface area contributed by atoms with E-state index >= 15 is 0 Å². The fourth-order valence-corrected chi connectivity index (χ4v) is 3.70. The van der Waals surface area contributed by atoms with Gasteiger partial charge in [0.05, 0.1) is 13.5 Å². The number of amides is 4. The summed E-state index contributed by atoms with van der Waals surface area (Å²) in [5.74, 6) is 0.348. The molecule has 0 aromatic heterocycles. The second-order valence-electron chi connectivity index (χ2n) is 7.36. The summed E-state index contributed by atoms with van der Waals surface area (Å²) in [6.45, 7) is 4.06. The van der Waals surface area contributed by atoms with Crippen molar-refractivity contribution in [3.8, 4) is 5.75 Å². The van der Waals surface area contributed by atoms with Gasteiger partial charge in [0, 0.05) is 5.56 Å². The number of carbonyl (C=O) groups is 3. The summed E-state index contributed by atoms with van der Waals surface area (Å²) in [6, 6.07) is 4.98. The van der Waals surface area contributed by atoms with Crippen LogP contribution in [-0.4, -0.2) is 35.5 Å². The molecular formula is C19H25N3O4. The Kier molecular flexibility index (Phi) is 4.89. The molecule has 4 amide bonds. The Morgan fingerprint density at radius 3 is 2.69 bits per heavy atom. The number of aryl methyl sites for hydroxylation is 1. The average Bonchev–Trinajstić information content (AvgIpc) is 2.82. The summed E-state index contributed by atoms with van der Waals surface area (Å²) >= 11 is 0. The molecule has 1 spiro atoms. The standard InChI is InChI=1S/C19H25N3O4/c1-12-6-8-19(9-7-12)17(24)22(18(25)20-19)21-16(23)11-14-10-13(2)4-5-15(14)26-3/h4-5,10,12H,6-9,11H2,1-3H3,(H,20,25)(H,21,23). The number of carbonyl (C=O) groups excluding carboxylic acids is 3. The molecule has 26 heavy (non-hydrogen) atoms. The molecule has 2 fully saturated rings. The van der Waals surface area contributed by atoms with Gasteiger partial charge in [-0.15, -0.1) is 0 Å². The first-order chi connectivity index (χ1) is 12.3. The van der Waals surface area contributed by atoms with Crippen LogP contribution in [0.5, 0.6) is 5.75 Å². The fraction of sp³-hybridized carbons (Fsp3) is 0.526. The Balaban J connectivity index is 1.69. The van der Waals surface area contributed by atoms with Crippen LogP contribution < -0.4 is 15.5 Å². The fourth-order valence-electron chi connectivity index (χ4n) is 3.70. The molecule has 1 aromatic rings. The molecular weight excluding hydrogens is 334 g/mol.